The van der Waals surface area contributed by atoms with Gasteiger partial charge in [0.05, 0.1) is 18.6 Å². The van der Waals surface area contributed by atoms with Crippen LogP contribution in [0.5, 0.6) is 0 Å². The molecule has 5 aliphatic rings. The lowest BCUT2D eigenvalue weighted by atomic mass is 9.68. The summed E-state index contributed by atoms with van der Waals surface area (Å²) >= 11 is 0. The van der Waals surface area contributed by atoms with E-state index in [1.807, 2.05) is 4.90 Å². The van der Waals surface area contributed by atoms with Crippen molar-refractivity contribution in [2.75, 3.05) is 46.9 Å². The van der Waals surface area contributed by atoms with Crippen LogP contribution in [0.3, 0.4) is 0 Å². The van der Waals surface area contributed by atoms with Crippen LogP contribution in [-0.4, -0.2) is 92.4 Å². The highest BCUT2D eigenvalue weighted by Gasteiger charge is 2.72. The predicted octanol–water partition coefficient (Wildman–Crippen LogP) is 3.62. The molecule has 6 atom stereocenters. The molecule has 0 aromatic heterocycles. The molecule has 1 amide bonds. The Morgan fingerprint density at radius 3 is 2.48 bits per heavy atom. The van der Waals surface area contributed by atoms with E-state index in [1.165, 1.54) is 18.4 Å². The minimum Gasteiger partial charge on any atom is -0.443 e. The monoisotopic (exact) mass is 462 g/mol. The molecule has 4 saturated heterocycles. The molecular formula is C26H42N2O5. The zero-order chi connectivity index (χ0) is 23.4. The average molecular weight is 463 g/mol. The van der Waals surface area contributed by atoms with E-state index in [4.69, 9.17) is 18.9 Å². The van der Waals surface area contributed by atoms with E-state index in [1.54, 1.807) is 7.11 Å². The molecule has 186 valence electrons. The number of hydrogen-bond acceptors (Lipinski definition) is 6. The Kier molecular flexibility index (Phi) is 6.08. The lowest BCUT2D eigenvalue weighted by Gasteiger charge is -2.43. The van der Waals surface area contributed by atoms with Crippen LogP contribution in [-0.2, 0) is 18.9 Å². The number of carbonyl (C=O) groups excluding carboxylic acids is 1. The summed E-state index contributed by atoms with van der Waals surface area (Å²) in [6.45, 7) is 11.0. The van der Waals surface area contributed by atoms with Crippen LogP contribution in [0.1, 0.15) is 59.3 Å². The van der Waals surface area contributed by atoms with Crippen molar-refractivity contribution in [2.24, 2.45) is 11.3 Å². The number of epoxide rings is 2. The molecule has 5 rings (SSSR count). The van der Waals surface area contributed by atoms with Crippen LogP contribution >= 0.6 is 0 Å². The Labute approximate surface area is 198 Å². The number of hydrogen-bond donors (Lipinski definition) is 0. The third-order valence-corrected chi connectivity index (χ3v) is 9.23. The molecule has 7 nitrogen and oxygen atoms in total. The first-order valence-electron chi connectivity index (χ1n) is 12.8. The molecule has 0 radical (unpaired) electrons. The molecular weight excluding hydrogens is 420 g/mol. The van der Waals surface area contributed by atoms with E-state index >= 15 is 0 Å². The molecule has 7 heteroatoms. The van der Waals surface area contributed by atoms with Crippen molar-refractivity contribution in [3.63, 3.8) is 0 Å². The van der Waals surface area contributed by atoms with Crippen molar-refractivity contribution in [1.82, 2.24) is 9.80 Å². The van der Waals surface area contributed by atoms with E-state index in [0.717, 1.165) is 58.5 Å². The van der Waals surface area contributed by atoms with Crippen molar-refractivity contribution in [3.8, 4) is 0 Å². The first-order valence-corrected chi connectivity index (χ1v) is 12.8. The van der Waals surface area contributed by atoms with Gasteiger partial charge in [0.1, 0.15) is 23.4 Å². The van der Waals surface area contributed by atoms with E-state index in [9.17, 15) is 4.79 Å². The summed E-state index contributed by atoms with van der Waals surface area (Å²) in [4.78, 5) is 17.6. The largest absolute Gasteiger partial charge is 0.443 e. The second-order valence-corrected chi connectivity index (χ2v) is 11.8. The smallest absolute Gasteiger partial charge is 0.410 e. The minimum atomic E-state index is -0.306. The van der Waals surface area contributed by atoms with Crippen molar-refractivity contribution in [2.45, 2.75) is 88.8 Å². The summed E-state index contributed by atoms with van der Waals surface area (Å²) in [5.74, 6) is 0.0657. The fourth-order valence-corrected chi connectivity index (χ4v) is 6.87. The summed E-state index contributed by atoms with van der Waals surface area (Å²) in [7, 11) is 3.92. The average Bonchev–Trinajstić information content (AvgIpc) is 3.65. The van der Waals surface area contributed by atoms with Gasteiger partial charge in [0.15, 0.2) is 0 Å². The van der Waals surface area contributed by atoms with E-state index in [-0.39, 0.29) is 46.9 Å². The number of amides is 1. The topological polar surface area (TPSA) is 67.1 Å². The van der Waals surface area contributed by atoms with E-state index < -0.39 is 0 Å². The SMILES string of the molecule is COC1C(OC(=O)N2CCC3(CCN(C)CC3)C2)CCC2(CO2)C1[C@@]1(C)O[C@@H]1CC=C(C)C. The molecule has 4 unspecified atom stereocenters. The number of likely N-dealkylation sites (tertiary alicyclic amines) is 2. The van der Waals surface area contributed by atoms with Gasteiger partial charge in [0.2, 0.25) is 0 Å². The Morgan fingerprint density at radius 2 is 1.85 bits per heavy atom. The Balaban J connectivity index is 1.25. The van der Waals surface area contributed by atoms with Gasteiger partial charge in [0, 0.05) is 20.2 Å². The number of carbonyl (C=O) groups is 1. The normalized spacial score (nSPS) is 41.9. The molecule has 5 fully saturated rings. The number of rotatable bonds is 5. The maximum absolute atomic E-state index is 13.2. The zero-order valence-electron chi connectivity index (χ0n) is 21.1. The number of nitrogens with zero attached hydrogens (tertiary/aromatic N) is 2. The third-order valence-electron chi connectivity index (χ3n) is 9.23. The molecule has 4 aliphatic heterocycles. The molecule has 1 saturated carbocycles. The van der Waals surface area contributed by atoms with Gasteiger partial charge in [-0.25, -0.2) is 4.79 Å². The van der Waals surface area contributed by atoms with Crippen molar-refractivity contribution in [3.05, 3.63) is 11.6 Å². The fraction of sp³-hybridized carbons (Fsp3) is 0.885. The molecule has 0 aromatic rings. The Bertz CT molecular complexity index is 784. The van der Waals surface area contributed by atoms with Gasteiger partial charge in [-0.1, -0.05) is 11.6 Å². The van der Waals surface area contributed by atoms with Gasteiger partial charge in [-0.05, 0) is 84.8 Å². The van der Waals surface area contributed by atoms with Crippen molar-refractivity contribution < 1.29 is 23.7 Å². The Morgan fingerprint density at radius 1 is 1.15 bits per heavy atom. The van der Waals surface area contributed by atoms with Crippen LogP contribution < -0.4 is 0 Å². The zero-order valence-corrected chi connectivity index (χ0v) is 21.1. The molecule has 0 aromatic carbocycles. The standard InChI is InChI=1S/C26H42N2O5/c1-18(2)6-7-20-24(3,33-20)22-21(30-5)19(8-9-26(22)17-31-26)32-23(29)28-15-12-25(16-28)10-13-27(4)14-11-25/h6,19-22H,7-17H2,1-5H3/t19?,20-,21?,22?,24+,26?/m1/s1. The predicted molar refractivity (Wildman–Crippen MR) is 125 cm³/mol. The maximum atomic E-state index is 13.2. The maximum Gasteiger partial charge on any atom is 0.410 e. The molecule has 2 spiro atoms. The first-order chi connectivity index (χ1) is 15.7. The van der Waals surface area contributed by atoms with Gasteiger partial charge >= 0.3 is 6.09 Å². The van der Waals surface area contributed by atoms with Gasteiger partial charge < -0.3 is 28.7 Å². The quantitative estimate of drug-likeness (QED) is 0.459. The summed E-state index contributed by atoms with van der Waals surface area (Å²) in [6, 6.07) is 0. The van der Waals surface area contributed by atoms with Crippen molar-refractivity contribution in [1.29, 1.82) is 0 Å². The molecule has 4 heterocycles. The molecule has 1 aliphatic carbocycles. The number of ether oxygens (including phenoxy) is 4. The lowest BCUT2D eigenvalue weighted by molar-refractivity contribution is -0.121. The van der Waals surface area contributed by atoms with Crippen LogP contribution in [0.25, 0.3) is 0 Å². The number of allylic oxidation sites excluding steroid dienone is 1. The summed E-state index contributed by atoms with van der Waals surface area (Å²) < 4.78 is 24.5. The molecule has 0 N–H and O–H groups in total. The van der Waals surface area contributed by atoms with E-state index in [0.29, 0.717) is 0 Å². The summed E-state index contributed by atoms with van der Waals surface area (Å²) in [5.41, 5.74) is 1.09. The van der Waals surface area contributed by atoms with Crippen LogP contribution in [0.15, 0.2) is 11.6 Å². The lowest BCUT2D eigenvalue weighted by Crippen LogP contribution is -2.56. The second kappa shape index (κ2) is 8.51. The summed E-state index contributed by atoms with van der Waals surface area (Å²) in [6.07, 6.45) is 7.74. The van der Waals surface area contributed by atoms with Crippen molar-refractivity contribution >= 4 is 6.09 Å². The fourth-order valence-electron chi connectivity index (χ4n) is 6.87. The highest BCUT2D eigenvalue weighted by atomic mass is 16.6. The molecule has 0 bridgehead atoms. The third kappa shape index (κ3) is 4.35. The first kappa shape index (κ1) is 23.6. The minimum absolute atomic E-state index is 0.0657. The van der Waals surface area contributed by atoms with Gasteiger partial charge in [-0.3, -0.25) is 0 Å². The van der Waals surface area contributed by atoms with Gasteiger partial charge in [-0.2, -0.15) is 0 Å². The van der Waals surface area contributed by atoms with Crippen LogP contribution in [0.4, 0.5) is 4.79 Å². The van der Waals surface area contributed by atoms with Gasteiger partial charge in [-0.15, -0.1) is 0 Å². The van der Waals surface area contributed by atoms with Gasteiger partial charge in [0.25, 0.3) is 0 Å². The highest BCUT2D eigenvalue weighted by Crippen LogP contribution is 2.59. The number of piperidine rings is 1. The second-order valence-electron chi connectivity index (χ2n) is 11.8. The molecule has 33 heavy (non-hydrogen) atoms. The van der Waals surface area contributed by atoms with E-state index in [2.05, 4.69) is 38.8 Å². The highest BCUT2D eigenvalue weighted by molar-refractivity contribution is 5.68. The number of methoxy groups -OCH3 is 1. The summed E-state index contributed by atoms with van der Waals surface area (Å²) in [5, 5.41) is 0. The Hall–Kier alpha value is -1.15. The van der Waals surface area contributed by atoms with Crippen LogP contribution in [0.2, 0.25) is 0 Å². The van der Waals surface area contributed by atoms with Crippen LogP contribution in [0, 0.1) is 11.3 Å².